The van der Waals surface area contributed by atoms with Crippen LogP contribution >= 0.6 is 11.8 Å². The summed E-state index contributed by atoms with van der Waals surface area (Å²) < 4.78 is 0. The average Bonchev–Trinajstić information content (AvgIpc) is 2.59. The number of fused-ring (bicyclic) bond motifs is 1. The number of hydrogen-bond acceptors (Lipinski definition) is 2. The fraction of sp³-hybridized carbons (Fsp3) is 0.182. The van der Waals surface area contributed by atoms with Crippen molar-refractivity contribution >= 4 is 28.6 Å². The van der Waals surface area contributed by atoms with E-state index in [1.54, 1.807) is 23.9 Å². The molecular weight excluding hydrogens is 210 g/mol. The van der Waals surface area contributed by atoms with E-state index in [0.717, 1.165) is 22.3 Å². The van der Waals surface area contributed by atoms with E-state index in [1.165, 1.54) is 0 Å². The van der Waals surface area contributed by atoms with Gasteiger partial charge in [-0.2, -0.15) is 11.8 Å². The van der Waals surface area contributed by atoms with Crippen LogP contribution in [0, 0.1) is 0 Å². The summed E-state index contributed by atoms with van der Waals surface area (Å²) in [4.78, 5) is 14.0. The number of thioether (sulfide) groups is 1. The molecule has 0 amide bonds. The molecule has 2 aromatic rings. The Bertz CT molecular complexity index is 504. The van der Waals surface area contributed by atoms with Crippen molar-refractivity contribution in [2.75, 3.05) is 6.26 Å². The second kappa shape index (κ2) is 3.98. The number of carboxylic acid groups (broad SMARTS) is 1. The molecule has 0 spiro atoms. The van der Waals surface area contributed by atoms with E-state index < -0.39 is 5.97 Å². The van der Waals surface area contributed by atoms with Gasteiger partial charge in [0, 0.05) is 22.3 Å². The molecule has 0 bridgehead atoms. The third-order valence-electron chi connectivity index (χ3n) is 2.22. The second-order valence-electron chi connectivity index (χ2n) is 3.33. The molecule has 4 heteroatoms. The standard InChI is InChI=1S/C11H11NO2S/c1-15-6-9-5-8-4-7(11(13)14)2-3-10(8)12-9/h2-5,12H,6H2,1H3,(H,13,14). The van der Waals surface area contributed by atoms with E-state index in [9.17, 15) is 4.79 Å². The molecule has 0 atom stereocenters. The highest BCUT2D eigenvalue weighted by Crippen LogP contribution is 2.19. The Morgan fingerprint density at radius 2 is 2.27 bits per heavy atom. The van der Waals surface area contributed by atoms with Crippen molar-refractivity contribution in [2.45, 2.75) is 5.75 Å². The SMILES string of the molecule is CSCc1cc2cc(C(=O)O)ccc2[nH]1. The lowest BCUT2D eigenvalue weighted by Gasteiger charge is -1.93. The van der Waals surface area contributed by atoms with Gasteiger partial charge in [0.15, 0.2) is 0 Å². The molecule has 0 saturated carbocycles. The molecule has 1 aromatic heterocycles. The molecule has 1 aromatic carbocycles. The number of benzene rings is 1. The first-order valence-corrected chi connectivity index (χ1v) is 5.94. The smallest absolute Gasteiger partial charge is 0.335 e. The maximum Gasteiger partial charge on any atom is 0.335 e. The van der Waals surface area contributed by atoms with Gasteiger partial charge in [0.05, 0.1) is 5.56 Å². The quantitative estimate of drug-likeness (QED) is 0.837. The highest BCUT2D eigenvalue weighted by atomic mass is 32.2. The van der Waals surface area contributed by atoms with Gasteiger partial charge in [-0.15, -0.1) is 0 Å². The monoisotopic (exact) mass is 221 g/mol. The number of aromatic carboxylic acids is 1. The molecule has 0 aliphatic heterocycles. The number of aromatic amines is 1. The van der Waals surface area contributed by atoms with Crippen molar-refractivity contribution in [3.05, 3.63) is 35.5 Å². The summed E-state index contributed by atoms with van der Waals surface area (Å²) in [5.41, 5.74) is 2.45. The number of rotatable bonds is 3. The summed E-state index contributed by atoms with van der Waals surface area (Å²) in [6.45, 7) is 0. The summed E-state index contributed by atoms with van der Waals surface area (Å²) in [7, 11) is 0. The lowest BCUT2D eigenvalue weighted by atomic mass is 10.1. The largest absolute Gasteiger partial charge is 0.478 e. The van der Waals surface area contributed by atoms with Crippen LogP contribution in [-0.4, -0.2) is 22.3 Å². The van der Waals surface area contributed by atoms with Gasteiger partial charge in [0.25, 0.3) is 0 Å². The molecule has 0 saturated heterocycles. The number of hydrogen-bond donors (Lipinski definition) is 2. The highest BCUT2D eigenvalue weighted by Gasteiger charge is 2.05. The second-order valence-corrected chi connectivity index (χ2v) is 4.20. The van der Waals surface area contributed by atoms with Crippen molar-refractivity contribution in [2.24, 2.45) is 0 Å². The fourth-order valence-electron chi connectivity index (χ4n) is 1.56. The molecule has 1 heterocycles. The molecule has 3 nitrogen and oxygen atoms in total. The van der Waals surface area contributed by atoms with E-state index in [0.29, 0.717) is 5.56 Å². The van der Waals surface area contributed by atoms with Crippen LogP contribution in [0.5, 0.6) is 0 Å². The molecular formula is C11H11NO2S. The van der Waals surface area contributed by atoms with Gasteiger partial charge >= 0.3 is 5.97 Å². The predicted octanol–water partition coefficient (Wildman–Crippen LogP) is 2.73. The normalized spacial score (nSPS) is 10.7. The third-order valence-corrected chi connectivity index (χ3v) is 2.82. The molecule has 78 valence electrons. The van der Waals surface area contributed by atoms with Gasteiger partial charge in [-0.1, -0.05) is 0 Å². The van der Waals surface area contributed by atoms with Gasteiger partial charge in [0.1, 0.15) is 0 Å². The zero-order valence-corrected chi connectivity index (χ0v) is 9.10. The maximum atomic E-state index is 10.8. The first kappa shape index (κ1) is 10.1. The number of carboxylic acids is 1. The Balaban J connectivity index is 2.47. The van der Waals surface area contributed by atoms with Gasteiger partial charge in [-0.3, -0.25) is 0 Å². The number of nitrogens with one attached hydrogen (secondary N) is 1. The Kier molecular flexibility index (Phi) is 2.68. The van der Waals surface area contributed by atoms with Crippen molar-refractivity contribution < 1.29 is 9.90 Å². The van der Waals surface area contributed by atoms with E-state index in [-0.39, 0.29) is 0 Å². The summed E-state index contributed by atoms with van der Waals surface area (Å²) in [6, 6.07) is 7.11. The summed E-state index contributed by atoms with van der Waals surface area (Å²) in [5.74, 6) is 0.0291. The van der Waals surface area contributed by atoms with Crippen molar-refractivity contribution in [1.82, 2.24) is 4.98 Å². The summed E-state index contributed by atoms with van der Waals surface area (Å²) in [5, 5.41) is 9.80. The first-order valence-electron chi connectivity index (χ1n) is 4.54. The van der Waals surface area contributed by atoms with Crippen molar-refractivity contribution in [3.63, 3.8) is 0 Å². The number of carbonyl (C=O) groups is 1. The Morgan fingerprint density at radius 1 is 1.47 bits per heavy atom. The Morgan fingerprint density at radius 3 is 2.93 bits per heavy atom. The zero-order chi connectivity index (χ0) is 10.8. The minimum atomic E-state index is -0.885. The van der Waals surface area contributed by atoms with Crippen molar-refractivity contribution in [1.29, 1.82) is 0 Å². The number of H-pyrrole nitrogens is 1. The van der Waals surface area contributed by atoms with Gasteiger partial charge < -0.3 is 10.1 Å². The fourth-order valence-corrected chi connectivity index (χ4v) is 2.03. The minimum Gasteiger partial charge on any atom is -0.478 e. The van der Waals surface area contributed by atoms with Gasteiger partial charge in [-0.25, -0.2) is 4.79 Å². The molecule has 0 aliphatic carbocycles. The van der Waals surface area contributed by atoms with Gasteiger partial charge in [0.2, 0.25) is 0 Å². The first-order chi connectivity index (χ1) is 7.20. The summed E-state index contributed by atoms with van der Waals surface area (Å²) in [6.07, 6.45) is 2.04. The molecule has 0 radical (unpaired) electrons. The molecule has 0 aliphatic rings. The topological polar surface area (TPSA) is 53.1 Å². The zero-order valence-electron chi connectivity index (χ0n) is 8.28. The van der Waals surface area contributed by atoms with E-state index in [1.807, 2.05) is 18.4 Å². The maximum absolute atomic E-state index is 10.8. The van der Waals surface area contributed by atoms with Crippen LogP contribution in [0.4, 0.5) is 0 Å². The van der Waals surface area contributed by atoms with Crippen LogP contribution in [0.1, 0.15) is 16.1 Å². The van der Waals surface area contributed by atoms with Crippen LogP contribution in [0.25, 0.3) is 10.9 Å². The van der Waals surface area contributed by atoms with Crippen molar-refractivity contribution in [3.8, 4) is 0 Å². The van der Waals surface area contributed by atoms with Crippen LogP contribution in [0.15, 0.2) is 24.3 Å². The predicted molar refractivity (Wildman–Crippen MR) is 62.5 cm³/mol. The van der Waals surface area contributed by atoms with E-state index in [2.05, 4.69) is 4.98 Å². The van der Waals surface area contributed by atoms with Gasteiger partial charge in [-0.05, 0) is 30.5 Å². The Hall–Kier alpha value is -1.42. The van der Waals surface area contributed by atoms with Crippen LogP contribution in [0.2, 0.25) is 0 Å². The van der Waals surface area contributed by atoms with Crippen LogP contribution in [-0.2, 0) is 5.75 Å². The van der Waals surface area contributed by atoms with E-state index in [4.69, 9.17) is 5.11 Å². The molecule has 15 heavy (non-hydrogen) atoms. The molecule has 2 N–H and O–H groups in total. The number of aromatic nitrogens is 1. The summed E-state index contributed by atoms with van der Waals surface area (Å²) >= 11 is 1.73. The minimum absolute atomic E-state index is 0.331. The highest BCUT2D eigenvalue weighted by molar-refractivity contribution is 7.97. The average molecular weight is 221 g/mol. The van der Waals surface area contributed by atoms with Crippen LogP contribution in [0.3, 0.4) is 0 Å². The van der Waals surface area contributed by atoms with E-state index >= 15 is 0 Å². The Labute approximate surface area is 91.5 Å². The third kappa shape index (κ3) is 1.99. The lowest BCUT2D eigenvalue weighted by molar-refractivity contribution is 0.0697. The van der Waals surface area contributed by atoms with Crippen LogP contribution < -0.4 is 0 Å². The lowest BCUT2D eigenvalue weighted by Crippen LogP contribution is -1.94. The molecule has 0 fully saturated rings. The molecule has 2 rings (SSSR count). The molecule has 0 unspecified atom stereocenters.